The van der Waals surface area contributed by atoms with Gasteiger partial charge in [-0.3, -0.25) is 20.1 Å². The van der Waals surface area contributed by atoms with Crippen molar-refractivity contribution < 1.29 is 9.18 Å². The zero-order chi connectivity index (χ0) is 23.5. The van der Waals surface area contributed by atoms with Crippen LogP contribution in [0.15, 0.2) is 45.3 Å². The molecule has 2 bridgehead atoms. The van der Waals surface area contributed by atoms with Gasteiger partial charge < -0.3 is 16.4 Å². The van der Waals surface area contributed by atoms with Crippen molar-refractivity contribution in [3.05, 3.63) is 35.3 Å². The molecular formula is C25H37FN6O. The van der Waals surface area contributed by atoms with Crippen molar-refractivity contribution in [2.24, 2.45) is 39.4 Å². The van der Waals surface area contributed by atoms with E-state index in [0.29, 0.717) is 18.9 Å². The van der Waals surface area contributed by atoms with Gasteiger partial charge in [-0.1, -0.05) is 26.3 Å². The van der Waals surface area contributed by atoms with Crippen LogP contribution in [-0.2, 0) is 4.79 Å². The number of carbonyl (C=O) groups excluding carboxylic acids is 1. The summed E-state index contributed by atoms with van der Waals surface area (Å²) >= 11 is 0. The number of nitrogens with one attached hydrogen (secondary N) is 3. The Hall–Kier alpha value is -2.32. The molecule has 8 atom stereocenters. The van der Waals surface area contributed by atoms with E-state index in [2.05, 4.69) is 51.9 Å². The highest BCUT2D eigenvalue weighted by Crippen LogP contribution is 2.37. The number of aliphatic imine (C=N–C) groups is 2. The third-order valence-corrected chi connectivity index (χ3v) is 7.76. The van der Waals surface area contributed by atoms with Gasteiger partial charge >= 0.3 is 0 Å². The lowest BCUT2D eigenvalue weighted by Crippen LogP contribution is -2.67. The Morgan fingerprint density at radius 1 is 1.36 bits per heavy atom. The zero-order valence-electron chi connectivity index (χ0n) is 19.8. The van der Waals surface area contributed by atoms with Crippen molar-refractivity contribution in [1.29, 1.82) is 0 Å². The molecule has 4 rings (SSSR count). The maximum absolute atomic E-state index is 14.1. The molecule has 0 saturated carbocycles. The predicted octanol–water partition coefficient (Wildman–Crippen LogP) is 2.23. The fourth-order valence-corrected chi connectivity index (χ4v) is 5.69. The first kappa shape index (κ1) is 23.8. The van der Waals surface area contributed by atoms with Crippen LogP contribution in [0.1, 0.15) is 40.0 Å². The van der Waals surface area contributed by atoms with Gasteiger partial charge in [-0.25, -0.2) is 4.39 Å². The Balaban J connectivity index is 1.58. The number of nitrogens with zero attached hydrogens (tertiary/aromatic N) is 2. The molecule has 180 valence electrons. The molecule has 4 heterocycles. The number of allylic oxidation sites excluding steroid dienone is 4. The molecule has 7 nitrogen and oxygen atoms in total. The maximum Gasteiger partial charge on any atom is 0.228 e. The van der Waals surface area contributed by atoms with Gasteiger partial charge in [0.2, 0.25) is 5.91 Å². The van der Waals surface area contributed by atoms with Crippen LogP contribution in [0.3, 0.4) is 0 Å². The number of carbonyl (C=O) groups is 1. The summed E-state index contributed by atoms with van der Waals surface area (Å²) in [6.07, 6.45) is 10.8. The third-order valence-electron chi connectivity index (χ3n) is 7.76. The van der Waals surface area contributed by atoms with E-state index in [-0.39, 0.29) is 41.7 Å². The zero-order valence-corrected chi connectivity index (χ0v) is 19.8. The number of nitrogens with two attached hydrogens (primary N) is 1. The number of amides is 1. The number of hydrogen-bond donors (Lipinski definition) is 4. The molecule has 0 radical (unpaired) electrons. The van der Waals surface area contributed by atoms with Crippen molar-refractivity contribution in [2.75, 3.05) is 13.1 Å². The predicted molar refractivity (Wildman–Crippen MR) is 131 cm³/mol. The summed E-state index contributed by atoms with van der Waals surface area (Å²) in [7, 11) is 0. The third kappa shape index (κ3) is 5.11. The number of piperidine rings is 1. The van der Waals surface area contributed by atoms with Crippen LogP contribution in [0, 0.1) is 23.7 Å². The first-order valence-corrected chi connectivity index (χ1v) is 12.2. The van der Waals surface area contributed by atoms with E-state index >= 15 is 0 Å². The average Bonchev–Trinajstić information content (AvgIpc) is 2.80. The van der Waals surface area contributed by atoms with Gasteiger partial charge in [-0.2, -0.15) is 0 Å². The van der Waals surface area contributed by atoms with Crippen LogP contribution in [-0.4, -0.2) is 55.7 Å². The van der Waals surface area contributed by atoms with Crippen molar-refractivity contribution in [3.63, 3.8) is 0 Å². The topological polar surface area (TPSA) is 104 Å². The molecule has 0 aliphatic carbocycles. The smallest absolute Gasteiger partial charge is 0.228 e. The quantitative estimate of drug-likeness (QED) is 0.509. The number of hydrogen-bond acceptors (Lipinski definition) is 6. The Bertz CT molecular complexity index is 893. The minimum absolute atomic E-state index is 0.00674. The Morgan fingerprint density at radius 2 is 2.18 bits per heavy atom. The van der Waals surface area contributed by atoms with Crippen LogP contribution in [0.2, 0.25) is 0 Å². The fraction of sp³-hybridized carbons (Fsp3) is 0.640. The molecule has 4 aliphatic rings. The highest BCUT2D eigenvalue weighted by molar-refractivity contribution is 5.82. The van der Waals surface area contributed by atoms with Crippen LogP contribution < -0.4 is 21.7 Å². The van der Waals surface area contributed by atoms with Gasteiger partial charge in [-0.15, -0.1) is 0 Å². The van der Waals surface area contributed by atoms with Gasteiger partial charge in [0.1, 0.15) is 5.83 Å². The molecular weight excluding hydrogens is 419 g/mol. The number of fused-ring (bicyclic) bond motifs is 2. The van der Waals surface area contributed by atoms with Gasteiger partial charge in [0.05, 0.1) is 36.9 Å². The molecule has 1 saturated heterocycles. The summed E-state index contributed by atoms with van der Waals surface area (Å²) in [5.74, 6) is -0.458. The second-order valence-corrected chi connectivity index (χ2v) is 9.83. The molecule has 0 aromatic carbocycles. The lowest BCUT2D eigenvalue weighted by atomic mass is 9.70. The molecule has 8 heteroatoms. The normalized spacial score (nSPS) is 39.5. The minimum Gasteiger partial charge on any atom is -0.385 e. The van der Waals surface area contributed by atoms with Crippen molar-refractivity contribution in [3.8, 4) is 0 Å². The molecule has 0 aromatic rings. The monoisotopic (exact) mass is 456 g/mol. The van der Waals surface area contributed by atoms with E-state index in [0.717, 1.165) is 25.1 Å². The summed E-state index contributed by atoms with van der Waals surface area (Å²) in [5, 5.41) is 10.1. The van der Waals surface area contributed by atoms with E-state index in [9.17, 15) is 9.18 Å². The first-order chi connectivity index (χ1) is 15.9. The highest BCUT2D eigenvalue weighted by atomic mass is 19.1. The summed E-state index contributed by atoms with van der Waals surface area (Å²) < 4.78 is 14.1. The summed E-state index contributed by atoms with van der Waals surface area (Å²) in [5.41, 5.74) is 8.91. The summed E-state index contributed by atoms with van der Waals surface area (Å²) in [4.78, 5) is 22.7. The molecule has 8 unspecified atom stereocenters. The molecule has 5 N–H and O–H groups in total. The van der Waals surface area contributed by atoms with E-state index in [1.807, 2.05) is 13.1 Å². The largest absolute Gasteiger partial charge is 0.385 e. The molecule has 1 fully saturated rings. The minimum atomic E-state index is -0.574. The van der Waals surface area contributed by atoms with Crippen LogP contribution in [0.4, 0.5) is 4.39 Å². The average molecular weight is 457 g/mol. The van der Waals surface area contributed by atoms with Crippen molar-refractivity contribution >= 4 is 18.3 Å². The van der Waals surface area contributed by atoms with Crippen LogP contribution >= 0.6 is 0 Å². The van der Waals surface area contributed by atoms with E-state index in [1.165, 1.54) is 11.8 Å². The number of dihydropyridines is 1. The number of halogens is 1. The lowest BCUT2D eigenvalue weighted by Gasteiger charge is -2.47. The molecule has 33 heavy (non-hydrogen) atoms. The van der Waals surface area contributed by atoms with E-state index in [4.69, 9.17) is 5.73 Å². The molecule has 0 spiro atoms. The Morgan fingerprint density at radius 3 is 2.91 bits per heavy atom. The summed E-state index contributed by atoms with van der Waals surface area (Å²) in [6.45, 7) is 7.67. The number of rotatable bonds is 5. The lowest BCUT2D eigenvalue weighted by molar-refractivity contribution is -0.130. The van der Waals surface area contributed by atoms with Crippen LogP contribution in [0.5, 0.6) is 0 Å². The van der Waals surface area contributed by atoms with Gasteiger partial charge in [-0.05, 0) is 49.6 Å². The van der Waals surface area contributed by atoms with E-state index in [1.54, 1.807) is 6.08 Å². The molecule has 0 aromatic heterocycles. The van der Waals surface area contributed by atoms with Crippen LogP contribution in [0.25, 0.3) is 0 Å². The summed E-state index contributed by atoms with van der Waals surface area (Å²) in [6, 6.07) is -0.483. The maximum atomic E-state index is 14.1. The van der Waals surface area contributed by atoms with Crippen molar-refractivity contribution in [1.82, 2.24) is 16.0 Å². The molecule has 4 aliphatic heterocycles. The van der Waals surface area contributed by atoms with Gasteiger partial charge in [0, 0.05) is 30.1 Å². The Kier molecular flexibility index (Phi) is 7.44. The second-order valence-electron chi connectivity index (χ2n) is 9.83. The van der Waals surface area contributed by atoms with Gasteiger partial charge in [0.15, 0.2) is 0 Å². The highest BCUT2D eigenvalue weighted by Gasteiger charge is 2.48. The standard InChI is InChI=1S/C25H37FN6O/c1-4-14(2)21-19-8-7-17(26)12-30-23(21)22(24(27)31-19)25(33)32-20-13-28-10-9-18(20)16-6-5-15(3)29-11-16/h5-7,10,12,14,18-24,29,31H,4,8-9,11,13,27H2,1-3H3,(H,32,33)/b17-7+,30-12-. The second kappa shape index (κ2) is 10.3. The molecule has 1 amide bonds. The Labute approximate surface area is 196 Å². The fourth-order valence-electron chi connectivity index (χ4n) is 5.69. The van der Waals surface area contributed by atoms with Gasteiger partial charge in [0.25, 0.3) is 0 Å². The van der Waals surface area contributed by atoms with Crippen molar-refractivity contribution in [2.45, 2.75) is 64.3 Å². The van der Waals surface area contributed by atoms with E-state index < -0.39 is 12.1 Å². The SMILES string of the molecule is CCC(C)C1C2C/C=C(F)\C=N/C1C(C(=O)NC1CN=CCC1C1=CC=C(C)NC1)C(N)N2. The first-order valence-electron chi connectivity index (χ1n) is 12.2.